The number of amides is 1. The second-order valence-corrected chi connectivity index (χ2v) is 14.4. The summed E-state index contributed by atoms with van der Waals surface area (Å²) < 4.78 is 23.1. The fraction of sp³-hybridized carbons (Fsp3) is 0.929. The molecule has 0 radical (unpaired) electrons. The second-order valence-electron chi connectivity index (χ2n) is 6.70. The molecule has 0 saturated carbocycles. The molecule has 1 amide bonds. The maximum absolute atomic E-state index is 12.5. The van der Waals surface area contributed by atoms with Crippen LogP contribution < -0.4 is 0 Å². The van der Waals surface area contributed by atoms with E-state index >= 15 is 0 Å². The lowest BCUT2D eigenvalue weighted by molar-refractivity contribution is -0.177. The molecule has 1 unspecified atom stereocenters. The largest absolute Gasteiger partial charge is 0.331 e. The highest BCUT2D eigenvalue weighted by Crippen LogP contribution is 2.50. The van der Waals surface area contributed by atoms with Crippen molar-refractivity contribution in [3.63, 3.8) is 0 Å². The van der Waals surface area contributed by atoms with Gasteiger partial charge in [-0.15, -0.1) is 0 Å². The summed E-state index contributed by atoms with van der Waals surface area (Å²) in [6.07, 6.45) is 0.775. The Hall–Kier alpha value is -0.203. The number of hydrogen-bond donors (Lipinski definition) is 0. The molecule has 1 aliphatic heterocycles. The van der Waals surface area contributed by atoms with Crippen LogP contribution in [0.2, 0.25) is 25.7 Å². The minimum Gasteiger partial charge on any atom is -0.309 e. The van der Waals surface area contributed by atoms with Crippen molar-refractivity contribution >= 4 is 21.6 Å². The number of hydrogen-bond acceptors (Lipinski definition) is 5. The van der Waals surface area contributed by atoms with Crippen molar-refractivity contribution in [2.75, 3.05) is 32.5 Å². The van der Waals surface area contributed by atoms with E-state index in [4.69, 9.17) is 13.9 Å². The van der Waals surface area contributed by atoms with Crippen LogP contribution in [0.15, 0.2) is 0 Å². The van der Waals surface area contributed by atoms with Crippen LogP contribution in [0, 0.1) is 5.92 Å². The van der Waals surface area contributed by atoms with Gasteiger partial charge in [0.1, 0.15) is 0 Å². The maximum atomic E-state index is 12.5. The van der Waals surface area contributed by atoms with Crippen molar-refractivity contribution in [3.8, 4) is 0 Å². The molecule has 1 aliphatic rings. The van der Waals surface area contributed by atoms with Gasteiger partial charge in [-0.2, -0.15) is 0 Å². The molecule has 0 N–H and O–H groups in total. The van der Waals surface area contributed by atoms with E-state index in [1.165, 1.54) is 5.06 Å². The van der Waals surface area contributed by atoms with Crippen LogP contribution in [0.4, 0.5) is 0 Å². The van der Waals surface area contributed by atoms with Crippen molar-refractivity contribution in [1.82, 2.24) is 5.06 Å². The monoisotopic (exact) mass is 351 g/mol. The summed E-state index contributed by atoms with van der Waals surface area (Å²) in [5, 5.41) is 1.42. The summed E-state index contributed by atoms with van der Waals surface area (Å²) in [5.41, 5.74) is 0. The van der Waals surface area contributed by atoms with E-state index in [-0.39, 0.29) is 18.0 Å². The predicted octanol–water partition coefficient (Wildman–Crippen LogP) is 3.37. The normalized spacial score (nSPS) is 20.0. The van der Waals surface area contributed by atoms with Gasteiger partial charge in [-0.3, -0.25) is 14.2 Å². The molecule has 0 aromatic carbocycles. The first-order valence-corrected chi connectivity index (χ1v) is 13.5. The molecule has 0 spiro atoms. The Morgan fingerprint density at radius 3 is 2.32 bits per heavy atom. The van der Waals surface area contributed by atoms with Gasteiger partial charge in [0.05, 0.1) is 31.9 Å². The third-order valence-electron chi connectivity index (χ3n) is 3.47. The molecule has 0 aliphatic carbocycles. The molecule has 1 fully saturated rings. The Labute approximate surface area is 135 Å². The Balaban J connectivity index is 2.51. The van der Waals surface area contributed by atoms with Gasteiger partial charge in [-0.1, -0.05) is 19.6 Å². The van der Waals surface area contributed by atoms with E-state index in [0.717, 1.165) is 6.04 Å². The molecule has 8 heteroatoms. The number of hydroxylamine groups is 2. The first-order chi connectivity index (χ1) is 10.2. The molecule has 0 aromatic heterocycles. The zero-order chi connectivity index (χ0) is 16.8. The molecule has 22 heavy (non-hydrogen) atoms. The lowest BCUT2D eigenvalue weighted by Gasteiger charge is -2.21. The Kier molecular flexibility index (Phi) is 7.75. The molecule has 130 valence electrons. The first kappa shape index (κ1) is 19.8. The van der Waals surface area contributed by atoms with Crippen LogP contribution in [0.1, 0.15) is 20.3 Å². The quantitative estimate of drug-likeness (QED) is 0.446. The van der Waals surface area contributed by atoms with Crippen LogP contribution in [0.25, 0.3) is 0 Å². The smallest absolute Gasteiger partial charge is 0.309 e. The van der Waals surface area contributed by atoms with Crippen molar-refractivity contribution < 1.29 is 23.2 Å². The third kappa shape index (κ3) is 6.50. The Bertz CT molecular complexity index is 403. The zero-order valence-corrected chi connectivity index (χ0v) is 16.4. The van der Waals surface area contributed by atoms with E-state index in [9.17, 15) is 9.36 Å². The fourth-order valence-electron chi connectivity index (χ4n) is 2.28. The zero-order valence-electron chi connectivity index (χ0n) is 14.5. The van der Waals surface area contributed by atoms with E-state index in [1.807, 2.05) is 0 Å². The lowest BCUT2D eigenvalue weighted by Crippen LogP contribution is -2.31. The van der Waals surface area contributed by atoms with Crippen molar-refractivity contribution in [2.24, 2.45) is 5.92 Å². The average molecular weight is 351 g/mol. The lowest BCUT2D eigenvalue weighted by atomic mass is 10.1. The minimum absolute atomic E-state index is 0.102. The summed E-state index contributed by atoms with van der Waals surface area (Å²) in [7, 11) is -4.36. The van der Waals surface area contributed by atoms with Gasteiger partial charge in [-0.05, 0) is 26.3 Å². The highest BCUT2D eigenvalue weighted by atomic mass is 31.2. The second kappa shape index (κ2) is 8.59. The van der Waals surface area contributed by atoms with E-state index < -0.39 is 15.7 Å². The van der Waals surface area contributed by atoms with Gasteiger partial charge in [0.15, 0.2) is 0 Å². The summed E-state index contributed by atoms with van der Waals surface area (Å²) in [6.45, 7) is 12.1. The standard InChI is InChI=1S/C14H30NO5PSi/c1-6-19-21(17,20-7-2)12-13-8-9-15(14(13)16)18-10-11-22(3,4)5/h13H,6-12H2,1-5H3. The van der Waals surface area contributed by atoms with Crippen LogP contribution >= 0.6 is 7.60 Å². The topological polar surface area (TPSA) is 65.1 Å². The van der Waals surface area contributed by atoms with Crippen LogP contribution in [0.3, 0.4) is 0 Å². The highest BCUT2D eigenvalue weighted by molar-refractivity contribution is 7.53. The van der Waals surface area contributed by atoms with Gasteiger partial charge in [0.25, 0.3) is 0 Å². The predicted molar refractivity (Wildman–Crippen MR) is 89.7 cm³/mol. The third-order valence-corrected chi connectivity index (χ3v) is 7.37. The number of nitrogens with zero attached hydrogens (tertiary/aromatic N) is 1. The van der Waals surface area contributed by atoms with Gasteiger partial charge in [0, 0.05) is 14.6 Å². The summed E-state index contributed by atoms with van der Waals surface area (Å²) in [4.78, 5) is 17.9. The average Bonchev–Trinajstić information content (AvgIpc) is 2.70. The number of carbonyl (C=O) groups excluding carboxylic acids is 1. The van der Waals surface area contributed by atoms with Gasteiger partial charge in [-0.25, -0.2) is 5.06 Å². The van der Waals surface area contributed by atoms with Crippen molar-refractivity contribution in [1.29, 1.82) is 0 Å². The number of rotatable bonds is 10. The fourth-order valence-corrected chi connectivity index (χ4v) is 4.93. The minimum atomic E-state index is -3.18. The van der Waals surface area contributed by atoms with Crippen molar-refractivity contribution in [3.05, 3.63) is 0 Å². The number of carbonyl (C=O) groups is 1. The molecule has 0 aromatic rings. The highest BCUT2D eigenvalue weighted by Gasteiger charge is 2.39. The van der Waals surface area contributed by atoms with Crippen LogP contribution in [0.5, 0.6) is 0 Å². The summed E-state index contributed by atoms with van der Waals surface area (Å²) in [5.74, 6) is -0.439. The molecule has 1 rings (SSSR count). The van der Waals surface area contributed by atoms with Crippen LogP contribution in [-0.4, -0.2) is 51.6 Å². The maximum Gasteiger partial charge on any atom is 0.331 e. The molecule has 0 bridgehead atoms. The van der Waals surface area contributed by atoms with E-state index in [2.05, 4.69) is 19.6 Å². The molecule has 1 saturated heterocycles. The Morgan fingerprint density at radius 2 is 1.82 bits per heavy atom. The van der Waals surface area contributed by atoms with Crippen molar-refractivity contribution in [2.45, 2.75) is 46.0 Å². The first-order valence-electron chi connectivity index (χ1n) is 8.03. The molecule has 1 heterocycles. The molecule has 6 nitrogen and oxygen atoms in total. The summed E-state index contributed by atoms with van der Waals surface area (Å²) >= 11 is 0. The molecular formula is C14H30NO5PSi. The Morgan fingerprint density at radius 1 is 1.23 bits per heavy atom. The van der Waals surface area contributed by atoms with Gasteiger partial charge >= 0.3 is 7.60 Å². The van der Waals surface area contributed by atoms with E-state index in [1.54, 1.807) is 13.8 Å². The van der Waals surface area contributed by atoms with E-state index in [0.29, 0.717) is 32.8 Å². The molecule has 1 atom stereocenters. The molecular weight excluding hydrogens is 321 g/mol. The van der Waals surface area contributed by atoms with Gasteiger partial charge in [0.2, 0.25) is 5.91 Å². The van der Waals surface area contributed by atoms with Gasteiger partial charge < -0.3 is 9.05 Å². The SMILES string of the molecule is CCOP(=O)(CC1CCN(OCC[Si](C)(C)C)C1=O)OCC. The van der Waals surface area contributed by atoms with Crippen LogP contribution in [-0.2, 0) is 23.2 Å². The summed E-state index contributed by atoms with van der Waals surface area (Å²) in [6, 6.07) is 1.01.